The molecule has 1 aromatic rings. The predicted molar refractivity (Wildman–Crippen MR) is 70.3 cm³/mol. The second-order valence-corrected chi connectivity index (χ2v) is 4.88. The van der Waals surface area contributed by atoms with E-state index in [9.17, 15) is 5.11 Å². The van der Waals surface area contributed by atoms with Crippen molar-refractivity contribution in [2.75, 3.05) is 30.8 Å². The second kappa shape index (κ2) is 5.36. The summed E-state index contributed by atoms with van der Waals surface area (Å²) in [7, 11) is 1.86. The summed E-state index contributed by atoms with van der Waals surface area (Å²) in [6, 6.07) is 5.87. The molecule has 0 radical (unpaired) electrons. The van der Waals surface area contributed by atoms with Gasteiger partial charge in [0.1, 0.15) is 11.6 Å². The Labute approximate surface area is 102 Å². The van der Waals surface area contributed by atoms with Crippen molar-refractivity contribution in [2.45, 2.75) is 25.7 Å². The molecule has 1 saturated carbocycles. The van der Waals surface area contributed by atoms with E-state index in [1.165, 1.54) is 12.8 Å². The highest BCUT2D eigenvalue weighted by Gasteiger charge is 2.32. The normalized spacial score (nSPS) is 18.0. The first-order chi connectivity index (χ1) is 8.28. The summed E-state index contributed by atoms with van der Waals surface area (Å²) in [5.41, 5.74) is 0.0668. The number of aromatic nitrogens is 1. The summed E-state index contributed by atoms with van der Waals surface area (Å²) in [6.45, 7) is 1.08. The Morgan fingerprint density at radius 1 is 1.29 bits per heavy atom. The van der Waals surface area contributed by atoms with Crippen molar-refractivity contribution >= 4 is 11.6 Å². The van der Waals surface area contributed by atoms with Crippen LogP contribution in [0.15, 0.2) is 18.2 Å². The van der Waals surface area contributed by atoms with Gasteiger partial charge in [-0.3, -0.25) is 0 Å². The van der Waals surface area contributed by atoms with E-state index >= 15 is 0 Å². The van der Waals surface area contributed by atoms with Crippen LogP contribution in [0, 0.1) is 5.41 Å². The number of rotatable bonds is 5. The first-order valence-electron chi connectivity index (χ1n) is 6.28. The molecule has 0 amide bonds. The molecule has 0 spiro atoms. The molecule has 0 aromatic carbocycles. The van der Waals surface area contributed by atoms with Crippen molar-refractivity contribution in [3.63, 3.8) is 0 Å². The topological polar surface area (TPSA) is 57.2 Å². The standard InChI is InChI=1S/C13H21N3O/c1-14-11-5-4-6-12(16-11)15-9-13(10-17)7-2-3-8-13/h4-6,17H,2-3,7-10H2,1H3,(H2,14,15,16). The highest BCUT2D eigenvalue weighted by Crippen LogP contribution is 2.37. The van der Waals surface area contributed by atoms with E-state index in [2.05, 4.69) is 15.6 Å². The van der Waals surface area contributed by atoms with E-state index in [1.807, 2.05) is 25.2 Å². The van der Waals surface area contributed by atoms with Gasteiger partial charge in [0, 0.05) is 19.0 Å². The molecule has 0 bridgehead atoms. The van der Waals surface area contributed by atoms with Crippen LogP contribution in [0.5, 0.6) is 0 Å². The van der Waals surface area contributed by atoms with Crippen molar-refractivity contribution in [3.8, 4) is 0 Å². The fourth-order valence-electron chi connectivity index (χ4n) is 2.47. The Balaban J connectivity index is 1.96. The molecule has 1 aromatic heterocycles. The summed E-state index contributed by atoms with van der Waals surface area (Å²) in [6.07, 6.45) is 4.68. The van der Waals surface area contributed by atoms with Crippen molar-refractivity contribution in [1.29, 1.82) is 0 Å². The number of aliphatic hydroxyl groups excluding tert-OH is 1. The summed E-state index contributed by atoms with van der Waals surface area (Å²) >= 11 is 0. The van der Waals surface area contributed by atoms with Crippen LogP contribution in [-0.4, -0.2) is 30.3 Å². The zero-order chi connectivity index (χ0) is 12.1. The molecule has 17 heavy (non-hydrogen) atoms. The van der Waals surface area contributed by atoms with E-state index in [-0.39, 0.29) is 12.0 Å². The molecular weight excluding hydrogens is 214 g/mol. The molecule has 0 unspecified atom stereocenters. The lowest BCUT2D eigenvalue weighted by molar-refractivity contribution is 0.142. The Bertz CT molecular complexity index is 361. The van der Waals surface area contributed by atoms with E-state index in [0.717, 1.165) is 31.0 Å². The van der Waals surface area contributed by atoms with Gasteiger partial charge in [-0.1, -0.05) is 18.9 Å². The van der Waals surface area contributed by atoms with E-state index < -0.39 is 0 Å². The number of anilines is 2. The Morgan fingerprint density at radius 3 is 2.65 bits per heavy atom. The molecule has 4 nitrogen and oxygen atoms in total. The Kier molecular flexibility index (Phi) is 3.84. The van der Waals surface area contributed by atoms with Crippen LogP contribution in [0.2, 0.25) is 0 Å². The quantitative estimate of drug-likeness (QED) is 0.731. The molecule has 2 rings (SSSR count). The minimum atomic E-state index is 0.0668. The Morgan fingerprint density at radius 2 is 2.00 bits per heavy atom. The lowest BCUT2D eigenvalue weighted by atomic mass is 9.87. The molecule has 1 aliphatic rings. The van der Waals surface area contributed by atoms with E-state index in [4.69, 9.17) is 0 Å². The average molecular weight is 235 g/mol. The van der Waals surface area contributed by atoms with Gasteiger partial charge in [-0.15, -0.1) is 0 Å². The molecule has 1 fully saturated rings. The molecule has 0 atom stereocenters. The number of nitrogens with one attached hydrogen (secondary N) is 2. The molecule has 0 saturated heterocycles. The van der Waals surface area contributed by atoms with Crippen LogP contribution < -0.4 is 10.6 Å². The lowest BCUT2D eigenvalue weighted by Gasteiger charge is -2.26. The smallest absolute Gasteiger partial charge is 0.128 e. The minimum Gasteiger partial charge on any atom is -0.396 e. The van der Waals surface area contributed by atoms with Gasteiger partial charge in [0.2, 0.25) is 0 Å². The van der Waals surface area contributed by atoms with Gasteiger partial charge in [0.15, 0.2) is 0 Å². The SMILES string of the molecule is CNc1cccc(NCC2(CO)CCCC2)n1. The summed E-state index contributed by atoms with van der Waals surface area (Å²) < 4.78 is 0. The third kappa shape index (κ3) is 2.88. The first kappa shape index (κ1) is 12.2. The van der Waals surface area contributed by atoms with E-state index in [0.29, 0.717) is 0 Å². The minimum absolute atomic E-state index is 0.0668. The van der Waals surface area contributed by atoms with Gasteiger partial charge in [0.05, 0.1) is 6.61 Å². The maximum atomic E-state index is 9.52. The van der Waals surface area contributed by atoms with Crippen LogP contribution in [0.4, 0.5) is 11.6 Å². The maximum absolute atomic E-state index is 9.52. The average Bonchev–Trinajstić information content (AvgIpc) is 2.86. The van der Waals surface area contributed by atoms with E-state index in [1.54, 1.807) is 0 Å². The third-order valence-corrected chi connectivity index (χ3v) is 3.65. The van der Waals surface area contributed by atoms with Crippen molar-refractivity contribution < 1.29 is 5.11 Å². The van der Waals surface area contributed by atoms with Gasteiger partial charge in [0.25, 0.3) is 0 Å². The second-order valence-electron chi connectivity index (χ2n) is 4.88. The summed E-state index contributed by atoms with van der Waals surface area (Å²) in [5.74, 6) is 1.73. The number of aliphatic hydroxyl groups is 1. The first-order valence-corrected chi connectivity index (χ1v) is 6.28. The fourth-order valence-corrected chi connectivity index (χ4v) is 2.47. The van der Waals surface area contributed by atoms with Crippen LogP contribution in [0.25, 0.3) is 0 Å². The third-order valence-electron chi connectivity index (χ3n) is 3.65. The monoisotopic (exact) mass is 235 g/mol. The summed E-state index contributed by atoms with van der Waals surface area (Å²) in [5, 5.41) is 15.9. The molecule has 4 heteroatoms. The van der Waals surface area contributed by atoms with Crippen molar-refractivity contribution in [3.05, 3.63) is 18.2 Å². The molecule has 1 aliphatic carbocycles. The predicted octanol–water partition coefficient (Wildman–Crippen LogP) is 2.09. The van der Waals surface area contributed by atoms with Crippen LogP contribution in [0.3, 0.4) is 0 Å². The summed E-state index contributed by atoms with van der Waals surface area (Å²) in [4.78, 5) is 4.41. The zero-order valence-corrected chi connectivity index (χ0v) is 10.4. The Hall–Kier alpha value is -1.29. The number of pyridine rings is 1. The number of hydrogen-bond donors (Lipinski definition) is 3. The lowest BCUT2D eigenvalue weighted by Crippen LogP contribution is -2.30. The van der Waals surface area contributed by atoms with Crippen molar-refractivity contribution in [2.24, 2.45) is 5.41 Å². The van der Waals surface area contributed by atoms with Gasteiger partial charge >= 0.3 is 0 Å². The van der Waals surface area contributed by atoms with Gasteiger partial charge in [-0.2, -0.15) is 0 Å². The number of nitrogens with zero attached hydrogens (tertiary/aromatic N) is 1. The van der Waals surface area contributed by atoms with Gasteiger partial charge in [-0.25, -0.2) is 4.98 Å². The molecule has 94 valence electrons. The van der Waals surface area contributed by atoms with Crippen LogP contribution >= 0.6 is 0 Å². The maximum Gasteiger partial charge on any atom is 0.128 e. The molecule has 3 N–H and O–H groups in total. The van der Waals surface area contributed by atoms with Crippen LogP contribution in [0.1, 0.15) is 25.7 Å². The highest BCUT2D eigenvalue weighted by molar-refractivity contribution is 5.44. The highest BCUT2D eigenvalue weighted by atomic mass is 16.3. The molecule has 1 heterocycles. The molecule has 0 aliphatic heterocycles. The largest absolute Gasteiger partial charge is 0.396 e. The van der Waals surface area contributed by atoms with Crippen molar-refractivity contribution in [1.82, 2.24) is 4.98 Å². The zero-order valence-electron chi connectivity index (χ0n) is 10.4. The van der Waals surface area contributed by atoms with Crippen LogP contribution in [-0.2, 0) is 0 Å². The fraction of sp³-hybridized carbons (Fsp3) is 0.615. The van der Waals surface area contributed by atoms with Gasteiger partial charge in [-0.05, 0) is 25.0 Å². The molecular formula is C13H21N3O. The number of hydrogen-bond acceptors (Lipinski definition) is 4. The van der Waals surface area contributed by atoms with Gasteiger partial charge < -0.3 is 15.7 Å².